The van der Waals surface area contributed by atoms with Gasteiger partial charge in [-0.15, -0.1) is 12.4 Å². The Kier molecular flexibility index (Phi) is 4.68. The third-order valence-electron chi connectivity index (χ3n) is 3.06. The van der Waals surface area contributed by atoms with Crippen molar-refractivity contribution in [2.45, 2.75) is 6.92 Å². The minimum atomic E-state index is -0.793. The normalized spacial score (nSPS) is 9.95. The number of aromatic nitrogens is 1. The third kappa shape index (κ3) is 2.72. The predicted molar refractivity (Wildman–Crippen MR) is 77.6 cm³/mol. The lowest BCUT2D eigenvalue weighted by Gasteiger charge is -2.12. The number of hydrogen-bond donors (Lipinski definition) is 1. The molecular weight excluding hydrogens is 283 g/mol. The van der Waals surface area contributed by atoms with Crippen LogP contribution in [-0.4, -0.2) is 10.5 Å². The van der Waals surface area contributed by atoms with Gasteiger partial charge >= 0.3 is 0 Å². The molecule has 0 radical (unpaired) electrons. The van der Waals surface area contributed by atoms with Gasteiger partial charge < -0.3 is 10.3 Å². The molecule has 106 valence electrons. The monoisotopic (exact) mass is 296 g/mol. The Balaban J connectivity index is 0.00000200. The lowest BCUT2D eigenvalue weighted by atomic mass is 10.0. The van der Waals surface area contributed by atoms with Gasteiger partial charge in [0.15, 0.2) is 0 Å². The first-order valence-corrected chi connectivity index (χ1v) is 5.67. The van der Waals surface area contributed by atoms with E-state index in [2.05, 4.69) is 0 Å². The van der Waals surface area contributed by atoms with Crippen molar-refractivity contribution in [2.75, 3.05) is 0 Å². The average molecular weight is 297 g/mol. The second-order valence-electron chi connectivity index (χ2n) is 4.32. The summed E-state index contributed by atoms with van der Waals surface area (Å²) in [5.41, 5.74) is 5.96. The fourth-order valence-corrected chi connectivity index (χ4v) is 1.98. The van der Waals surface area contributed by atoms with E-state index in [0.29, 0.717) is 16.8 Å². The summed E-state index contributed by atoms with van der Waals surface area (Å²) in [6.45, 7) is 1.73. The van der Waals surface area contributed by atoms with Gasteiger partial charge in [0.25, 0.3) is 5.91 Å². The van der Waals surface area contributed by atoms with E-state index in [-0.39, 0.29) is 18.0 Å². The number of carbonyl (C=O) groups excluding carboxylic acids is 1. The van der Waals surface area contributed by atoms with Crippen LogP contribution >= 0.6 is 12.4 Å². The van der Waals surface area contributed by atoms with Crippen molar-refractivity contribution >= 4 is 18.3 Å². The third-order valence-corrected chi connectivity index (χ3v) is 3.06. The van der Waals surface area contributed by atoms with E-state index in [9.17, 15) is 14.0 Å². The number of aryl methyl sites for hydroxylation is 1. The summed E-state index contributed by atoms with van der Waals surface area (Å²) in [7, 11) is 1.70. The summed E-state index contributed by atoms with van der Waals surface area (Å²) in [6.07, 6.45) is 1.39. The quantitative estimate of drug-likeness (QED) is 0.921. The van der Waals surface area contributed by atoms with Crippen molar-refractivity contribution in [1.82, 2.24) is 4.57 Å². The molecule has 2 aromatic rings. The fraction of sp³-hybridized carbons (Fsp3) is 0.143. The Hall–Kier alpha value is -2.14. The lowest BCUT2D eigenvalue weighted by Crippen LogP contribution is -2.25. The highest BCUT2D eigenvalue weighted by Crippen LogP contribution is 2.20. The zero-order chi connectivity index (χ0) is 14.2. The lowest BCUT2D eigenvalue weighted by molar-refractivity contribution is 0.0998. The molecule has 4 nitrogen and oxygen atoms in total. The Bertz CT molecular complexity index is 726. The number of nitrogens with two attached hydrogens (primary N) is 1. The number of rotatable bonds is 2. The summed E-state index contributed by atoms with van der Waals surface area (Å²) in [6, 6.07) is 5.69. The number of nitrogens with zero attached hydrogens (tertiary/aromatic N) is 1. The van der Waals surface area contributed by atoms with E-state index in [1.165, 1.54) is 24.4 Å². The molecule has 1 heterocycles. The Labute approximate surface area is 121 Å². The molecule has 0 saturated carbocycles. The molecule has 0 fully saturated rings. The highest BCUT2D eigenvalue weighted by atomic mass is 35.5. The molecule has 0 atom stereocenters. The summed E-state index contributed by atoms with van der Waals surface area (Å²) >= 11 is 0. The second kappa shape index (κ2) is 5.88. The van der Waals surface area contributed by atoms with Crippen LogP contribution in [0.5, 0.6) is 0 Å². The standard InChI is InChI=1S/C14H13FN2O2.ClH/c1-8-12(9-4-3-5-10(15)6-9)13(18)11(14(16)19)7-17(8)2;/h3-7H,1-2H3,(H2,16,19);1H. The summed E-state index contributed by atoms with van der Waals surface area (Å²) < 4.78 is 14.9. The maximum Gasteiger partial charge on any atom is 0.254 e. The molecule has 1 aromatic heterocycles. The first kappa shape index (κ1) is 15.9. The van der Waals surface area contributed by atoms with Crippen molar-refractivity contribution in [1.29, 1.82) is 0 Å². The number of pyridine rings is 1. The van der Waals surface area contributed by atoms with Crippen LogP contribution in [-0.2, 0) is 7.05 Å². The summed E-state index contributed by atoms with van der Waals surface area (Å²) in [4.78, 5) is 23.5. The van der Waals surface area contributed by atoms with Crippen molar-refractivity contribution in [3.63, 3.8) is 0 Å². The Morgan fingerprint density at radius 2 is 2.00 bits per heavy atom. The van der Waals surface area contributed by atoms with Crippen molar-refractivity contribution in [2.24, 2.45) is 12.8 Å². The molecule has 20 heavy (non-hydrogen) atoms. The van der Waals surface area contributed by atoms with Crippen molar-refractivity contribution in [3.05, 3.63) is 57.8 Å². The first-order chi connectivity index (χ1) is 8.91. The van der Waals surface area contributed by atoms with Crippen LogP contribution in [0.3, 0.4) is 0 Å². The molecule has 0 saturated heterocycles. The molecule has 0 spiro atoms. The van der Waals surface area contributed by atoms with E-state index in [1.54, 1.807) is 24.6 Å². The molecular formula is C14H14ClFN2O2. The minimum Gasteiger partial charge on any atom is -0.365 e. The molecule has 0 aliphatic heterocycles. The number of amides is 1. The largest absolute Gasteiger partial charge is 0.365 e. The Morgan fingerprint density at radius 1 is 1.35 bits per heavy atom. The number of carbonyl (C=O) groups is 1. The van der Waals surface area contributed by atoms with Gasteiger partial charge in [-0.05, 0) is 24.6 Å². The summed E-state index contributed by atoms with van der Waals surface area (Å²) in [5, 5.41) is 0. The van der Waals surface area contributed by atoms with E-state index >= 15 is 0 Å². The van der Waals surface area contributed by atoms with Gasteiger partial charge in [0, 0.05) is 24.5 Å². The topological polar surface area (TPSA) is 65.1 Å². The van der Waals surface area contributed by atoms with Crippen LogP contribution < -0.4 is 11.2 Å². The number of halogens is 2. The minimum absolute atomic E-state index is 0. The van der Waals surface area contributed by atoms with Crippen LogP contribution in [0.15, 0.2) is 35.3 Å². The van der Waals surface area contributed by atoms with Gasteiger partial charge in [0.1, 0.15) is 11.4 Å². The van der Waals surface area contributed by atoms with E-state index in [4.69, 9.17) is 5.73 Å². The molecule has 0 aliphatic carbocycles. The van der Waals surface area contributed by atoms with E-state index in [1.807, 2.05) is 0 Å². The van der Waals surface area contributed by atoms with E-state index in [0.717, 1.165) is 0 Å². The van der Waals surface area contributed by atoms with Crippen LogP contribution in [0.1, 0.15) is 16.1 Å². The van der Waals surface area contributed by atoms with Gasteiger partial charge in [-0.2, -0.15) is 0 Å². The predicted octanol–water partition coefficient (Wildman–Crippen LogP) is 2.02. The zero-order valence-electron chi connectivity index (χ0n) is 11.0. The zero-order valence-corrected chi connectivity index (χ0v) is 11.8. The fourth-order valence-electron chi connectivity index (χ4n) is 1.98. The van der Waals surface area contributed by atoms with Gasteiger partial charge in [-0.3, -0.25) is 9.59 Å². The molecule has 6 heteroatoms. The first-order valence-electron chi connectivity index (χ1n) is 5.67. The SMILES string of the molecule is Cc1c(-c2cccc(F)c2)c(=O)c(C(N)=O)cn1C.Cl. The molecule has 1 aromatic carbocycles. The smallest absolute Gasteiger partial charge is 0.254 e. The van der Waals surface area contributed by atoms with Crippen molar-refractivity contribution in [3.8, 4) is 11.1 Å². The van der Waals surface area contributed by atoms with Crippen LogP contribution in [0.4, 0.5) is 4.39 Å². The number of primary amides is 1. The van der Waals surface area contributed by atoms with Crippen LogP contribution in [0.2, 0.25) is 0 Å². The summed E-state index contributed by atoms with van der Waals surface area (Å²) in [5.74, 6) is -1.23. The van der Waals surface area contributed by atoms with Crippen molar-refractivity contribution < 1.29 is 9.18 Å². The van der Waals surface area contributed by atoms with Gasteiger partial charge in [0.2, 0.25) is 5.43 Å². The van der Waals surface area contributed by atoms with Crippen LogP contribution in [0.25, 0.3) is 11.1 Å². The highest BCUT2D eigenvalue weighted by Gasteiger charge is 2.16. The van der Waals surface area contributed by atoms with Gasteiger partial charge in [-0.25, -0.2) is 4.39 Å². The number of hydrogen-bond acceptors (Lipinski definition) is 2. The van der Waals surface area contributed by atoms with Gasteiger partial charge in [0.05, 0.1) is 0 Å². The average Bonchev–Trinajstić information content (AvgIpc) is 2.34. The molecule has 0 aliphatic rings. The molecule has 2 N–H and O–H groups in total. The Morgan fingerprint density at radius 3 is 2.55 bits per heavy atom. The van der Waals surface area contributed by atoms with E-state index < -0.39 is 17.2 Å². The second-order valence-corrected chi connectivity index (χ2v) is 4.32. The molecule has 1 amide bonds. The maximum absolute atomic E-state index is 13.3. The molecule has 0 bridgehead atoms. The highest BCUT2D eigenvalue weighted by molar-refractivity contribution is 5.93. The van der Waals surface area contributed by atoms with Crippen LogP contribution in [0, 0.1) is 12.7 Å². The van der Waals surface area contributed by atoms with Gasteiger partial charge in [-0.1, -0.05) is 12.1 Å². The maximum atomic E-state index is 13.3. The molecule has 2 rings (SSSR count). The number of benzene rings is 1. The molecule has 0 unspecified atom stereocenters.